The van der Waals surface area contributed by atoms with Gasteiger partial charge in [0.2, 0.25) is 17.6 Å². The third-order valence-electron chi connectivity index (χ3n) is 5.38. The number of rotatable bonds is 5. The molecule has 1 aliphatic rings. The van der Waals surface area contributed by atoms with Gasteiger partial charge in [-0.05, 0) is 42.7 Å². The summed E-state index contributed by atoms with van der Waals surface area (Å²) in [4.78, 5) is 28.2. The fourth-order valence-corrected chi connectivity index (χ4v) is 3.62. The highest BCUT2D eigenvalue weighted by Crippen LogP contribution is 2.20. The van der Waals surface area contributed by atoms with Crippen LogP contribution in [0.3, 0.4) is 0 Å². The molecule has 4 rings (SSSR count). The number of carbonyl (C=O) groups excluding carboxylic acids is 2. The van der Waals surface area contributed by atoms with Gasteiger partial charge in [0.05, 0.1) is 0 Å². The van der Waals surface area contributed by atoms with Crippen LogP contribution in [0.2, 0.25) is 0 Å². The van der Waals surface area contributed by atoms with E-state index in [9.17, 15) is 9.59 Å². The van der Waals surface area contributed by atoms with E-state index in [1.54, 1.807) is 4.90 Å². The topological polar surface area (TPSA) is 93.0 Å². The zero-order chi connectivity index (χ0) is 20.9. The van der Waals surface area contributed by atoms with Crippen LogP contribution in [-0.2, 0) is 16.1 Å². The number of hydrogen-bond donors (Lipinski definition) is 1. The second-order valence-electron chi connectivity index (χ2n) is 7.47. The van der Waals surface area contributed by atoms with Crippen molar-refractivity contribution in [3.8, 4) is 11.4 Å². The SMILES string of the molecule is Cc1ccccc1-c1nnn(CC(=O)N2CCC(C(=O)Nc3ccccc3)CC2)n1. The maximum absolute atomic E-state index is 12.6. The Balaban J connectivity index is 1.30. The summed E-state index contributed by atoms with van der Waals surface area (Å²) in [5.74, 6) is 0.364. The molecule has 154 valence electrons. The molecule has 2 amide bonds. The lowest BCUT2D eigenvalue weighted by Gasteiger charge is -2.31. The number of piperidine rings is 1. The number of benzene rings is 2. The van der Waals surface area contributed by atoms with Gasteiger partial charge in [-0.2, -0.15) is 4.80 Å². The first-order valence-electron chi connectivity index (χ1n) is 10.1. The van der Waals surface area contributed by atoms with Crippen LogP contribution in [0, 0.1) is 12.8 Å². The molecule has 30 heavy (non-hydrogen) atoms. The molecule has 0 unspecified atom stereocenters. The Morgan fingerprint density at radius 1 is 1.03 bits per heavy atom. The molecule has 1 aromatic heterocycles. The number of aryl methyl sites for hydroxylation is 1. The van der Waals surface area contributed by atoms with E-state index in [0.29, 0.717) is 31.8 Å². The highest BCUT2D eigenvalue weighted by Gasteiger charge is 2.27. The van der Waals surface area contributed by atoms with Crippen LogP contribution in [0.4, 0.5) is 5.69 Å². The molecule has 1 saturated heterocycles. The van der Waals surface area contributed by atoms with E-state index < -0.39 is 0 Å². The molecule has 0 atom stereocenters. The number of nitrogens with zero attached hydrogens (tertiary/aromatic N) is 5. The first-order valence-corrected chi connectivity index (χ1v) is 10.1. The van der Waals surface area contributed by atoms with E-state index >= 15 is 0 Å². The Bertz CT molecular complexity index is 1020. The maximum Gasteiger partial charge on any atom is 0.246 e. The van der Waals surface area contributed by atoms with Gasteiger partial charge in [0, 0.05) is 30.3 Å². The number of tetrazole rings is 1. The molecule has 0 spiro atoms. The van der Waals surface area contributed by atoms with Gasteiger partial charge < -0.3 is 10.2 Å². The van der Waals surface area contributed by atoms with E-state index in [1.165, 1.54) is 4.80 Å². The maximum atomic E-state index is 12.6. The molecule has 2 heterocycles. The quantitative estimate of drug-likeness (QED) is 0.705. The minimum Gasteiger partial charge on any atom is -0.341 e. The lowest BCUT2D eigenvalue weighted by Crippen LogP contribution is -2.43. The van der Waals surface area contributed by atoms with Gasteiger partial charge in [0.1, 0.15) is 6.54 Å². The molecule has 0 radical (unpaired) electrons. The minimum atomic E-state index is -0.0913. The van der Waals surface area contributed by atoms with Crippen LogP contribution in [-0.4, -0.2) is 50.0 Å². The van der Waals surface area contributed by atoms with E-state index in [-0.39, 0.29) is 24.3 Å². The molecule has 1 N–H and O–H groups in total. The third-order valence-corrected chi connectivity index (χ3v) is 5.38. The molecule has 0 bridgehead atoms. The van der Waals surface area contributed by atoms with Crippen molar-refractivity contribution in [1.82, 2.24) is 25.1 Å². The standard InChI is InChI=1S/C22H24N6O2/c1-16-7-5-6-10-19(16)21-24-26-28(25-21)15-20(29)27-13-11-17(12-14-27)22(30)23-18-8-3-2-4-9-18/h2-10,17H,11-15H2,1H3,(H,23,30). The summed E-state index contributed by atoms with van der Waals surface area (Å²) in [5, 5.41) is 15.4. The first kappa shape index (κ1) is 19.8. The van der Waals surface area contributed by atoms with Gasteiger partial charge in [-0.15, -0.1) is 10.2 Å². The van der Waals surface area contributed by atoms with Crippen LogP contribution in [0.5, 0.6) is 0 Å². The summed E-state index contributed by atoms with van der Waals surface area (Å²) in [6.07, 6.45) is 1.29. The number of likely N-dealkylation sites (tertiary alicyclic amines) is 1. The average Bonchev–Trinajstić information content (AvgIpc) is 3.23. The Morgan fingerprint density at radius 3 is 2.47 bits per heavy atom. The lowest BCUT2D eigenvalue weighted by atomic mass is 9.95. The second-order valence-corrected chi connectivity index (χ2v) is 7.47. The highest BCUT2D eigenvalue weighted by atomic mass is 16.2. The molecular weight excluding hydrogens is 380 g/mol. The van der Waals surface area contributed by atoms with Crippen LogP contribution in [0.25, 0.3) is 11.4 Å². The van der Waals surface area contributed by atoms with E-state index in [1.807, 2.05) is 61.5 Å². The zero-order valence-corrected chi connectivity index (χ0v) is 16.9. The number of aromatic nitrogens is 4. The van der Waals surface area contributed by atoms with Crippen molar-refractivity contribution in [3.63, 3.8) is 0 Å². The number of nitrogens with one attached hydrogen (secondary N) is 1. The normalized spacial score (nSPS) is 14.5. The molecule has 1 aliphatic heterocycles. The molecule has 0 saturated carbocycles. The smallest absolute Gasteiger partial charge is 0.246 e. The summed E-state index contributed by atoms with van der Waals surface area (Å²) in [5.41, 5.74) is 2.75. The van der Waals surface area contributed by atoms with Crippen LogP contribution >= 0.6 is 0 Å². The van der Waals surface area contributed by atoms with Gasteiger partial charge in [0.15, 0.2) is 0 Å². The van der Waals surface area contributed by atoms with E-state index in [2.05, 4.69) is 20.7 Å². The molecule has 1 fully saturated rings. The zero-order valence-electron chi connectivity index (χ0n) is 16.9. The largest absolute Gasteiger partial charge is 0.341 e. The first-order chi connectivity index (χ1) is 14.6. The van der Waals surface area contributed by atoms with Crippen LogP contribution in [0.15, 0.2) is 54.6 Å². The highest BCUT2D eigenvalue weighted by molar-refractivity contribution is 5.92. The van der Waals surface area contributed by atoms with Gasteiger partial charge >= 0.3 is 0 Å². The van der Waals surface area contributed by atoms with E-state index in [4.69, 9.17) is 0 Å². The van der Waals surface area contributed by atoms with Gasteiger partial charge in [-0.25, -0.2) is 0 Å². The van der Waals surface area contributed by atoms with Crippen molar-refractivity contribution < 1.29 is 9.59 Å². The number of anilines is 1. The number of hydrogen-bond acceptors (Lipinski definition) is 5. The summed E-state index contributed by atoms with van der Waals surface area (Å²) >= 11 is 0. The number of amides is 2. The Labute approximate surface area is 174 Å². The van der Waals surface area contributed by atoms with Crippen molar-refractivity contribution in [3.05, 3.63) is 60.2 Å². The number of carbonyl (C=O) groups is 2. The van der Waals surface area contributed by atoms with E-state index in [0.717, 1.165) is 16.8 Å². The summed E-state index contributed by atoms with van der Waals surface area (Å²) in [6.45, 7) is 3.12. The Hall–Kier alpha value is -3.55. The van der Waals surface area contributed by atoms with Crippen LogP contribution < -0.4 is 5.32 Å². The predicted octanol–water partition coefficient (Wildman–Crippen LogP) is 2.53. The lowest BCUT2D eigenvalue weighted by molar-refractivity contribution is -0.135. The average molecular weight is 404 g/mol. The monoisotopic (exact) mass is 404 g/mol. The van der Waals surface area contributed by atoms with Crippen molar-refractivity contribution in [2.24, 2.45) is 5.92 Å². The molecule has 8 nitrogen and oxygen atoms in total. The molecular formula is C22H24N6O2. The van der Waals surface area contributed by atoms with Crippen molar-refractivity contribution in [2.45, 2.75) is 26.3 Å². The molecule has 3 aromatic rings. The number of para-hydroxylation sites is 1. The Morgan fingerprint density at radius 2 is 1.73 bits per heavy atom. The summed E-state index contributed by atoms with van der Waals surface area (Å²) < 4.78 is 0. The summed E-state index contributed by atoms with van der Waals surface area (Å²) in [6, 6.07) is 17.2. The second kappa shape index (κ2) is 8.86. The van der Waals surface area contributed by atoms with Crippen molar-refractivity contribution >= 4 is 17.5 Å². The van der Waals surface area contributed by atoms with Crippen molar-refractivity contribution in [1.29, 1.82) is 0 Å². The fourth-order valence-electron chi connectivity index (χ4n) is 3.62. The molecule has 2 aromatic carbocycles. The third kappa shape index (κ3) is 4.53. The van der Waals surface area contributed by atoms with Gasteiger partial charge in [0.25, 0.3) is 0 Å². The Kier molecular flexibility index (Phi) is 5.83. The van der Waals surface area contributed by atoms with Gasteiger partial charge in [-0.1, -0.05) is 42.5 Å². The predicted molar refractivity (Wildman–Crippen MR) is 112 cm³/mol. The minimum absolute atomic E-state index is 0.00844. The molecule has 8 heteroatoms. The fraction of sp³-hybridized carbons (Fsp3) is 0.318. The van der Waals surface area contributed by atoms with Crippen LogP contribution in [0.1, 0.15) is 18.4 Å². The van der Waals surface area contributed by atoms with Gasteiger partial charge in [-0.3, -0.25) is 9.59 Å². The van der Waals surface area contributed by atoms with Crippen molar-refractivity contribution in [2.75, 3.05) is 18.4 Å². The molecule has 0 aliphatic carbocycles. The summed E-state index contributed by atoms with van der Waals surface area (Å²) in [7, 11) is 0.